The number of fused-ring (bicyclic) bond motifs is 3. The van der Waals surface area contributed by atoms with Gasteiger partial charge in [0.15, 0.2) is 0 Å². The first-order valence-corrected chi connectivity index (χ1v) is 6.90. The molecule has 120 valence electrons. The van der Waals surface area contributed by atoms with Gasteiger partial charge < -0.3 is 9.72 Å². The summed E-state index contributed by atoms with van der Waals surface area (Å²) in [4.78, 5) is 37.4. The Bertz CT molecular complexity index is 1100. The van der Waals surface area contributed by atoms with E-state index in [-0.39, 0.29) is 29.1 Å². The molecule has 0 radical (unpaired) electrons. The van der Waals surface area contributed by atoms with Crippen LogP contribution in [0.1, 0.15) is 22.8 Å². The summed E-state index contributed by atoms with van der Waals surface area (Å²) in [7, 11) is 0. The first-order valence-electron chi connectivity index (χ1n) is 6.90. The van der Waals surface area contributed by atoms with E-state index < -0.39 is 16.3 Å². The molecule has 9 nitrogen and oxygen atoms in total. The lowest BCUT2D eigenvalue weighted by Gasteiger charge is -2.03. The van der Waals surface area contributed by atoms with Crippen LogP contribution in [0.25, 0.3) is 16.7 Å². The number of nitro groups is 1. The fourth-order valence-electron chi connectivity index (χ4n) is 2.46. The number of carbonyl (C=O) groups is 1. The van der Waals surface area contributed by atoms with Gasteiger partial charge in [-0.1, -0.05) is 0 Å². The van der Waals surface area contributed by atoms with Crippen molar-refractivity contribution in [3.8, 4) is 6.07 Å². The van der Waals surface area contributed by atoms with Gasteiger partial charge in [0.05, 0.1) is 22.6 Å². The summed E-state index contributed by atoms with van der Waals surface area (Å²) in [5.74, 6) is -0.829. The zero-order valence-electron chi connectivity index (χ0n) is 12.4. The number of H-pyrrole nitrogens is 1. The van der Waals surface area contributed by atoms with Crippen LogP contribution in [0.2, 0.25) is 0 Å². The summed E-state index contributed by atoms with van der Waals surface area (Å²) in [5.41, 5.74) is -0.424. The molecular weight excluding hydrogens is 316 g/mol. The number of carbonyl (C=O) groups excluding carboxylic acids is 1. The minimum atomic E-state index is -0.829. The first-order chi connectivity index (χ1) is 11.5. The lowest BCUT2D eigenvalue weighted by Crippen LogP contribution is -2.21. The highest BCUT2D eigenvalue weighted by molar-refractivity contribution is 5.92. The molecule has 9 heteroatoms. The van der Waals surface area contributed by atoms with Gasteiger partial charge in [-0.3, -0.25) is 19.3 Å². The molecule has 0 fully saturated rings. The number of nitrogens with one attached hydrogen (secondary N) is 1. The molecule has 0 saturated carbocycles. The Morgan fingerprint density at radius 1 is 1.50 bits per heavy atom. The molecule has 0 amide bonds. The predicted octanol–water partition coefficient (Wildman–Crippen LogP) is 1.74. The Labute approximate surface area is 133 Å². The smallest absolute Gasteiger partial charge is 0.343 e. The highest BCUT2D eigenvalue weighted by Crippen LogP contribution is 2.23. The third kappa shape index (κ3) is 2.17. The fraction of sp³-hybridized carbons (Fsp3) is 0.133. The fourth-order valence-corrected chi connectivity index (χ4v) is 2.46. The number of nitriles is 1. The maximum absolute atomic E-state index is 12.3. The zero-order valence-corrected chi connectivity index (χ0v) is 12.4. The van der Waals surface area contributed by atoms with Gasteiger partial charge in [-0.2, -0.15) is 5.26 Å². The van der Waals surface area contributed by atoms with Crippen molar-refractivity contribution in [1.82, 2.24) is 9.38 Å². The van der Waals surface area contributed by atoms with Crippen molar-refractivity contribution in [3.63, 3.8) is 0 Å². The number of hydrogen-bond donors (Lipinski definition) is 1. The summed E-state index contributed by atoms with van der Waals surface area (Å²) in [6.45, 7) is 1.69. The van der Waals surface area contributed by atoms with E-state index in [0.29, 0.717) is 11.0 Å². The first kappa shape index (κ1) is 15.2. The molecule has 0 bridgehead atoms. The number of benzene rings is 1. The lowest BCUT2D eigenvalue weighted by atomic mass is 10.2. The normalized spacial score (nSPS) is 10.7. The van der Waals surface area contributed by atoms with Crippen molar-refractivity contribution in [3.05, 3.63) is 55.9 Å². The van der Waals surface area contributed by atoms with Gasteiger partial charge in [-0.05, 0) is 13.0 Å². The van der Waals surface area contributed by atoms with Crippen molar-refractivity contribution in [2.24, 2.45) is 0 Å². The molecule has 0 saturated heterocycles. The van der Waals surface area contributed by atoms with E-state index in [2.05, 4.69) is 4.98 Å². The molecule has 0 unspecified atom stereocenters. The van der Waals surface area contributed by atoms with Crippen LogP contribution in [0.15, 0.2) is 29.2 Å². The number of nitrogens with zero attached hydrogens (tertiary/aromatic N) is 3. The van der Waals surface area contributed by atoms with Gasteiger partial charge in [0, 0.05) is 18.3 Å². The van der Waals surface area contributed by atoms with Crippen LogP contribution in [0, 0.1) is 21.4 Å². The quantitative estimate of drug-likeness (QED) is 0.443. The van der Waals surface area contributed by atoms with Crippen LogP contribution >= 0.6 is 0 Å². The van der Waals surface area contributed by atoms with E-state index in [9.17, 15) is 25.0 Å². The number of pyridine rings is 1. The standard InChI is InChI=1S/C15H10N4O5/c1-2-24-15(21)10-7-18-12-4-3-8(19(22)23)5-11(12)17-14(18)9(6-16)13(10)20/h3-5,7,17H,2H2,1H3. The number of non-ortho nitro benzene ring substituents is 1. The number of ether oxygens (including phenoxy) is 1. The lowest BCUT2D eigenvalue weighted by molar-refractivity contribution is -0.384. The van der Waals surface area contributed by atoms with Gasteiger partial charge in [0.25, 0.3) is 5.69 Å². The van der Waals surface area contributed by atoms with E-state index in [1.54, 1.807) is 13.0 Å². The average molecular weight is 326 g/mol. The molecule has 2 aromatic heterocycles. The van der Waals surface area contributed by atoms with Crippen LogP contribution in [0.4, 0.5) is 5.69 Å². The van der Waals surface area contributed by atoms with Gasteiger partial charge in [0.1, 0.15) is 22.8 Å². The second-order valence-corrected chi connectivity index (χ2v) is 4.88. The van der Waals surface area contributed by atoms with E-state index in [1.807, 2.05) is 0 Å². The van der Waals surface area contributed by atoms with Crippen molar-refractivity contribution in [1.29, 1.82) is 5.26 Å². The van der Waals surface area contributed by atoms with Gasteiger partial charge in [0.2, 0.25) is 5.43 Å². The van der Waals surface area contributed by atoms with E-state index in [0.717, 1.165) is 0 Å². The van der Waals surface area contributed by atoms with Gasteiger partial charge in [-0.25, -0.2) is 4.79 Å². The summed E-state index contributed by atoms with van der Waals surface area (Å²) in [6.07, 6.45) is 1.27. The Hall–Kier alpha value is -3.67. The van der Waals surface area contributed by atoms with Crippen LogP contribution in [0.3, 0.4) is 0 Å². The highest BCUT2D eigenvalue weighted by atomic mass is 16.6. The predicted molar refractivity (Wildman–Crippen MR) is 82.8 cm³/mol. The van der Waals surface area contributed by atoms with E-state index in [4.69, 9.17) is 4.74 Å². The van der Waals surface area contributed by atoms with E-state index in [1.165, 1.54) is 28.8 Å². The number of imidazole rings is 1. The second kappa shape index (κ2) is 5.51. The second-order valence-electron chi connectivity index (χ2n) is 4.88. The maximum Gasteiger partial charge on any atom is 0.343 e. The third-order valence-corrected chi connectivity index (χ3v) is 3.52. The maximum atomic E-state index is 12.3. The number of esters is 1. The summed E-state index contributed by atoms with van der Waals surface area (Å²) in [5, 5.41) is 20.2. The van der Waals surface area contributed by atoms with Gasteiger partial charge >= 0.3 is 5.97 Å². The molecule has 1 N–H and O–H groups in total. The number of nitro benzene ring substituents is 1. The van der Waals surface area contributed by atoms with Crippen LogP contribution < -0.4 is 5.43 Å². The molecule has 0 aliphatic heterocycles. The highest BCUT2D eigenvalue weighted by Gasteiger charge is 2.20. The number of aromatic amines is 1. The monoisotopic (exact) mass is 326 g/mol. The van der Waals surface area contributed by atoms with Crippen LogP contribution in [-0.2, 0) is 4.74 Å². The van der Waals surface area contributed by atoms with Crippen molar-refractivity contribution in [2.45, 2.75) is 6.92 Å². The summed E-state index contributed by atoms with van der Waals surface area (Å²) >= 11 is 0. The molecule has 1 aromatic carbocycles. The molecule has 0 aliphatic rings. The third-order valence-electron chi connectivity index (χ3n) is 3.52. The molecule has 0 aliphatic carbocycles. The van der Waals surface area contributed by atoms with Crippen LogP contribution in [-0.4, -0.2) is 26.9 Å². The summed E-state index contributed by atoms with van der Waals surface area (Å²) < 4.78 is 6.27. The number of aromatic nitrogens is 2. The average Bonchev–Trinajstić information content (AvgIpc) is 2.91. The van der Waals surface area contributed by atoms with Crippen molar-refractivity contribution in [2.75, 3.05) is 6.61 Å². The minimum absolute atomic E-state index is 0.0863. The van der Waals surface area contributed by atoms with Crippen molar-refractivity contribution >= 4 is 28.3 Å². The number of hydrogen-bond acceptors (Lipinski definition) is 6. The Kier molecular flexibility index (Phi) is 3.50. The Morgan fingerprint density at radius 2 is 2.25 bits per heavy atom. The van der Waals surface area contributed by atoms with Crippen molar-refractivity contribution < 1.29 is 14.5 Å². The SMILES string of the molecule is CCOC(=O)c1cn2c([nH]c3cc([N+](=O)[O-])ccc32)c(C#N)c1=O. The molecule has 2 heterocycles. The molecule has 3 rings (SSSR count). The molecular formula is C15H10N4O5. The molecule has 0 atom stereocenters. The Morgan fingerprint density at radius 3 is 2.88 bits per heavy atom. The van der Waals surface area contributed by atoms with Gasteiger partial charge in [-0.15, -0.1) is 0 Å². The minimum Gasteiger partial charge on any atom is -0.462 e. The number of rotatable bonds is 3. The Balaban J connectivity index is 2.40. The largest absolute Gasteiger partial charge is 0.462 e. The summed E-state index contributed by atoms with van der Waals surface area (Å²) in [6, 6.07) is 5.82. The molecule has 3 aromatic rings. The topological polar surface area (TPSA) is 130 Å². The molecule has 0 spiro atoms. The molecule has 24 heavy (non-hydrogen) atoms. The van der Waals surface area contributed by atoms with Crippen LogP contribution in [0.5, 0.6) is 0 Å². The van der Waals surface area contributed by atoms with E-state index >= 15 is 0 Å². The zero-order chi connectivity index (χ0) is 17.4.